The highest BCUT2D eigenvalue weighted by Crippen LogP contribution is 2.27. The Balaban J connectivity index is 1.39. The molecule has 1 aliphatic heterocycles. The average Bonchev–Trinajstić information content (AvgIpc) is 3.42. The normalized spacial score (nSPS) is 22.8. The fraction of sp³-hybridized carbons (Fsp3) is 0.700. The maximum absolute atomic E-state index is 13.8. The number of carbonyl (C=O) groups is 3. The van der Waals surface area contributed by atoms with Gasteiger partial charge in [-0.1, -0.05) is 81.7 Å². The van der Waals surface area contributed by atoms with Crippen LogP contribution in [0.3, 0.4) is 0 Å². The van der Waals surface area contributed by atoms with E-state index in [0.717, 1.165) is 44.1 Å². The van der Waals surface area contributed by atoms with Crippen LogP contribution in [-0.4, -0.2) is 58.5 Å². The maximum atomic E-state index is 13.8. The molecule has 1 saturated heterocycles. The van der Waals surface area contributed by atoms with Crippen molar-refractivity contribution in [1.29, 1.82) is 0 Å². The molecule has 1 aromatic carbocycles. The summed E-state index contributed by atoms with van der Waals surface area (Å²) in [6.45, 7) is 0.487. The quantitative estimate of drug-likeness (QED) is 0.444. The third-order valence-corrected chi connectivity index (χ3v) is 8.59. The maximum Gasteiger partial charge on any atom is 0.251 e. The number of nitrogens with zero attached hydrogens (tertiary/aromatic N) is 1. The Hall–Kier alpha value is -2.41. The Labute approximate surface area is 221 Å². The lowest BCUT2D eigenvalue weighted by atomic mass is 9.86. The summed E-state index contributed by atoms with van der Waals surface area (Å²) in [5.74, 6) is -0.0793. The molecule has 7 heteroatoms. The van der Waals surface area contributed by atoms with E-state index in [1.165, 1.54) is 38.5 Å². The van der Waals surface area contributed by atoms with Gasteiger partial charge in [0.2, 0.25) is 11.8 Å². The molecular formula is C30H45N3O4. The van der Waals surface area contributed by atoms with E-state index >= 15 is 0 Å². The number of hydrogen-bond donors (Lipinski definition) is 3. The van der Waals surface area contributed by atoms with E-state index in [1.54, 1.807) is 4.90 Å². The second kappa shape index (κ2) is 13.9. The number of aliphatic hydroxyl groups excluding tert-OH is 1. The SMILES string of the molecule is O=C(CCC1CCCCC1)N[C@@H](Cc1ccccc1)C(=O)N1CCCC1C(O)C(=O)NC1CCCCC1. The Kier molecular flexibility index (Phi) is 10.4. The summed E-state index contributed by atoms with van der Waals surface area (Å²) in [5.41, 5.74) is 0.972. The van der Waals surface area contributed by atoms with Gasteiger partial charge in [-0.25, -0.2) is 0 Å². The predicted octanol–water partition coefficient (Wildman–Crippen LogP) is 3.88. The molecule has 3 atom stereocenters. The van der Waals surface area contributed by atoms with Gasteiger partial charge >= 0.3 is 0 Å². The molecule has 3 aliphatic rings. The Morgan fingerprint density at radius 3 is 2.27 bits per heavy atom. The molecule has 4 rings (SSSR count). The zero-order chi connectivity index (χ0) is 26.0. The van der Waals surface area contributed by atoms with Gasteiger partial charge in [-0.3, -0.25) is 14.4 Å². The van der Waals surface area contributed by atoms with Crippen LogP contribution in [0.2, 0.25) is 0 Å². The largest absolute Gasteiger partial charge is 0.381 e. The minimum atomic E-state index is -1.26. The van der Waals surface area contributed by atoms with Crippen LogP contribution in [-0.2, 0) is 20.8 Å². The summed E-state index contributed by atoms with van der Waals surface area (Å²) >= 11 is 0. The zero-order valence-electron chi connectivity index (χ0n) is 22.2. The molecule has 2 unspecified atom stereocenters. The summed E-state index contributed by atoms with van der Waals surface area (Å²) < 4.78 is 0. The molecule has 2 aliphatic carbocycles. The van der Waals surface area contributed by atoms with Crippen LogP contribution in [0.4, 0.5) is 0 Å². The van der Waals surface area contributed by atoms with Crippen LogP contribution in [0.1, 0.15) is 95.5 Å². The van der Waals surface area contributed by atoms with Crippen molar-refractivity contribution in [3.8, 4) is 0 Å². The van der Waals surface area contributed by atoms with Crippen LogP contribution in [0.25, 0.3) is 0 Å². The van der Waals surface area contributed by atoms with Gasteiger partial charge in [-0.2, -0.15) is 0 Å². The first-order valence-corrected chi connectivity index (χ1v) is 14.6. The molecule has 1 heterocycles. The third-order valence-electron chi connectivity index (χ3n) is 8.59. The second-order valence-corrected chi connectivity index (χ2v) is 11.4. The highest BCUT2D eigenvalue weighted by Gasteiger charge is 2.40. The molecular weight excluding hydrogens is 466 g/mol. The number of nitrogens with one attached hydrogen (secondary N) is 2. The van der Waals surface area contributed by atoms with Crippen LogP contribution < -0.4 is 10.6 Å². The molecule has 7 nitrogen and oxygen atoms in total. The number of benzene rings is 1. The highest BCUT2D eigenvalue weighted by molar-refractivity contribution is 5.89. The van der Waals surface area contributed by atoms with Crippen LogP contribution in [0.5, 0.6) is 0 Å². The fourth-order valence-corrected chi connectivity index (χ4v) is 6.43. The Morgan fingerprint density at radius 1 is 0.892 bits per heavy atom. The molecule has 1 aromatic rings. The topological polar surface area (TPSA) is 98.7 Å². The molecule has 204 valence electrons. The number of carbonyl (C=O) groups excluding carboxylic acids is 3. The van der Waals surface area contributed by atoms with Gasteiger partial charge in [0.25, 0.3) is 5.91 Å². The molecule has 0 spiro atoms. The Morgan fingerprint density at radius 2 is 1.57 bits per heavy atom. The summed E-state index contributed by atoms with van der Waals surface area (Å²) in [7, 11) is 0. The van der Waals surface area contributed by atoms with Crippen molar-refractivity contribution in [1.82, 2.24) is 15.5 Å². The molecule has 3 amide bonds. The Bertz CT molecular complexity index is 880. The molecule has 37 heavy (non-hydrogen) atoms. The first kappa shape index (κ1) is 27.6. The predicted molar refractivity (Wildman–Crippen MR) is 144 cm³/mol. The van der Waals surface area contributed by atoms with Crippen molar-refractivity contribution in [2.45, 2.75) is 121 Å². The van der Waals surface area contributed by atoms with Crippen molar-refractivity contribution in [2.75, 3.05) is 6.54 Å². The number of amides is 3. The lowest BCUT2D eigenvalue weighted by Crippen LogP contribution is -2.56. The second-order valence-electron chi connectivity index (χ2n) is 11.4. The van der Waals surface area contributed by atoms with E-state index in [2.05, 4.69) is 10.6 Å². The van der Waals surface area contributed by atoms with Crippen molar-refractivity contribution < 1.29 is 19.5 Å². The average molecular weight is 512 g/mol. The van der Waals surface area contributed by atoms with Gasteiger partial charge in [0, 0.05) is 25.4 Å². The van der Waals surface area contributed by atoms with Crippen LogP contribution in [0, 0.1) is 5.92 Å². The minimum absolute atomic E-state index is 0.0915. The standard InChI is InChI=1S/C30H45N3O4/c34-27(19-18-22-11-4-1-5-12-22)32-25(21-23-13-6-2-7-14-23)30(37)33-20-10-17-26(33)28(35)29(36)31-24-15-8-3-9-16-24/h2,6-7,13-14,22,24-26,28,35H,1,3-5,8-12,15-21H2,(H,31,36)(H,32,34)/t25-,26?,28?/m0/s1. The number of rotatable bonds is 10. The summed E-state index contributed by atoms with van der Waals surface area (Å²) in [5, 5.41) is 17.0. The summed E-state index contributed by atoms with van der Waals surface area (Å²) in [4.78, 5) is 41.3. The van der Waals surface area contributed by atoms with Gasteiger partial charge in [0.1, 0.15) is 6.04 Å². The van der Waals surface area contributed by atoms with E-state index in [9.17, 15) is 19.5 Å². The van der Waals surface area contributed by atoms with E-state index < -0.39 is 18.2 Å². The van der Waals surface area contributed by atoms with Crippen LogP contribution in [0.15, 0.2) is 30.3 Å². The van der Waals surface area contributed by atoms with E-state index in [1.807, 2.05) is 30.3 Å². The monoisotopic (exact) mass is 511 g/mol. The lowest BCUT2D eigenvalue weighted by molar-refractivity contribution is -0.142. The fourth-order valence-electron chi connectivity index (χ4n) is 6.43. The summed E-state index contributed by atoms with van der Waals surface area (Å²) in [6.07, 6.45) is 13.2. The van der Waals surface area contributed by atoms with Gasteiger partial charge in [0.05, 0.1) is 6.04 Å². The minimum Gasteiger partial charge on any atom is -0.381 e. The van der Waals surface area contributed by atoms with Gasteiger partial charge < -0.3 is 20.6 Å². The third kappa shape index (κ3) is 8.03. The van der Waals surface area contributed by atoms with E-state index in [-0.39, 0.29) is 23.8 Å². The van der Waals surface area contributed by atoms with Crippen LogP contribution >= 0.6 is 0 Å². The number of hydrogen-bond acceptors (Lipinski definition) is 4. The first-order valence-electron chi connectivity index (χ1n) is 14.6. The van der Waals surface area contributed by atoms with Crippen molar-refractivity contribution in [3.63, 3.8) is 0 Å². The molecule has 2 saturated carbocycles. The van der Waals surface area contributed by atoms with Crippen molar-refractivity contribution in [2.24, 2.45) is 5.92 Å². The molecule has 3 N–H and O–H groups in total. The van der Waals surface area contributed by atoms with Crippen molar-refractivity contribution >= 4 is 17.7 Å². The number of likely N-dealkylation sites (tertiary alicyclic amines) is 1. The van der Waals surface area contributed by atoms with Gasteiger partial charge in [-0.05, 0) is 43.6 Å². The molecule has 0 bridgehead atoms. The van der Waals surface area contributed by atoms with Gasteiger partial charge in [-0.15, -0.1) is 0 Å². The molecule has 0 aromatic heterocycles. The van der Waals surface area contributed by atoms with Gasteiger partial charge in [0.15, 0.2) is 6.10 Å². The molecule has 0 radical (unpaired) electrons. The first-order chi connectivity index (χ1) is 18.0. The van der Waals surface area contributed by atoms with E-state index in [4.69, 9.17) is 0 Å². The lowest BCUT2D eigenvalue weighted by Gasteiger charge is -2.32. The van der Waals surface area contributed by atoms with Crippen molar-refractivity contribution in [3.05, 3.63) is 35.9 Å². The zero-order valence-corrected chi connectivity index (χ0v) is 22.2. The smallest absolute Gasteiger partial charge is 0.251 e. The van der Waals surface area contributed by atoms with E-state index in [0.29, 0.717) is 31.7 Å². The summed E-state index contributed by atoms with van der Waals surface area (Å²) in [6, 6.07) is 8.55. The number of aliphatic hydroxyl groups is 1. The highest BCUT2D eigenvalue weighted by atomic mass is 16.3. The molecule has 3 fully saturated rings.